The molecule has 112 valence electrons. The second kappa shape index (κ2) is 5.88. The number of aryl methyl sites for hydroxylation is 1. The first-order valence-electron chi connectivity index (χ1n) is 6.80. The smallest absolute Gasteiger partial charge is 0.239 e. The lowest BCUT2D eigenvalue weighted by Crippen LogP contribution is -2.22. The monoisotopic (exact) mass is 308 g/mol. The summed E-state index contributed by atoms with van der Waals surface area (Å²) in [6.07, 6.45) is 2.28. The van der Waals surface area contributed by atoms with Gasteiger partial charge in [0.2, 0.25) is 17.7 Å². The van der Waals surface area contributed by atoms with Crippen LogP contribution >= 0.6 is 11.8 Å². The SMILES string of the molecule is Cc1cc(NC(=O)[C@H](C)SCc2nc(C3CC3)no2)on1. The standard InChI is InChI=1S/C13H16N4O3S/c1-7-5-10(19-16-7)15-13(18)8(2)21-6-11-14-12(17-20-11)9-3-4-9/h5,8-9H,3-4,6H2,1-2H3,(H,15,18)/t8-/m0/s1. The summed E-state index contributed by atoms with van der Waals surface area (Å²) < 4.78 is 10.1. The Balaban J connectivity index is 1.48. The van der Waals surface area contributed by atoms with E-state index < -0.39 is 0 Å². The molecule has 1 amide bonds. The van der Waals surface area contributed by atoms with Crippen LogP contribution < -0.4 is 5.32 Å². The van der Waals surface area contributed by atoms with Gasteiger partial charge in [0.25, 0.3) is 0 Å². The average molecular weight is 308 g/mol. The lowest BCUT2D eigenvalue weighted by atomic mass is 10.4. The summed E-state index contributed by atoms with van der Waals surface area (Å²) in [7, 11) is 0. The third kappa shape index (κ3) is 3.63. The highest BCUT2D eigenvalue weighted by Gasteiger charge is 2.28. The summed E-state index contributed by atoms with van der Waals surface area (Å²) in [5.74, 6) is 2.57. The van der Waals surface area contributed by atoms with Gasteiger partial charge in [-0.1, -0.05) is 10.3 Å². The van der Waals surface area contributed by atoms with Crippen LogP contribution in [0.25, 0.3) is 0 Å². The molecule has 7 nitrogen and oxygen atoms in total. The van der Waals surface area contributed by atoms with Crippen LogP contribution in [0.4, 0.5) is 5.88 Å². The summed E-state index contributed by atoms with van der Waals surface area (Å²) in [5, 5.41) is 10.1. The summed E-state index contributed by atoms with van der Waals surface area (Å²) in [6.45, 7) is 3.62. The average Bonchev–Trinajstić information content (AvgIpc) is 3.07. The predicted octanol–water partition coefficient (Wildman–Crippen LogP) is 2.50. The van der Waals surface area contributed by atoms with Gasteiger partial charge in [-0.2, -0.15) is 4.98 Å². The zero-order valence-electron chi connectivity index (χ0n) is 11.8. The number of carbonyl (C=O) groups is 1. The van der Waals surface area contributed by atoms with E-state index in [1.807, 2.05) is 6.92 Å². The number of nitrogens with one attached hydrogen (secondary N) is 1. The minimum absolute atomic E-state index is 0.141. The molecule has 2 aromatic rings. The van der Waals surface area contributed by atoms with Crippen LogP contribution in [-0.2, 0) is 10.5 Å². The van der Waals surface area contributed by atoms with E-state index in [1.54, 1.807) is 13.0 Å². The molecule has 1 fully saturated rings. The number of hydrogen-bond acceptors (Lipinski definition) is 7. The maximum atomic E-state index is 12.0. The Morgan fingerprint density at radius 2 is 2.29 bits per heavy atom. The van der Waals surface area contributed by atoms with E-state index in [2.05, 4.69) is 20.6 Å². The molecule has 1 N–H and O–H groups in total. The van der Waals surface area contributed by atoms with Crippen molar-refractivity contribution < 1.29 is 13.8 Å². The normalized spacial score (nSPS) is 15.9. The van der Waals surface area contributed by atoms with E-state index in [0.717, 1.165) is 24.4 Å². The van der Waals surface area contributed by atoms with Crippen molar-refractivity contribution in [2.24, 2.45) is 0 Å². The van der Waals surface area contributed by atoms with E-state index in [-0.39, 0.29) is 11.2 Å². The van der Waals surface area contributed by atoms with Crippen LogP contribution in [-0.4, -0.2) is 26.5 Å². The second-order valence-electron chi connectivity index (χ2n) is 5.10. The lowest BCUT2D eigenvalue weighted by Gasteiger charge is -2.08. The van der Waals surface area contributed by atoms with Crippen molar-refractivity contribution >= 4 is 23.6 Å². The van der Waals surface area contributed by atoms with E-state index in [0.29, 0.717) is 23.4 Å². The number of anilines is 1. The first-order chi connectivity index (χ1) is 10.1. The molecule has 1 atom stereocenters. The largest absolute Gasteiger partial charge is 0.338 e. The fraction of sp³-hybridized carbons (Fsp3) is 0.538. The van der Waals surface area contributed by atoms with Crippen LogP contribution in [0.2, 0.25) is 0 Å². The molecule has 2 heterocycles. The van der Waals surface area contributed by atoms with Crippen LogP contribution in [0.15, 0.2) is 15.1 Å². The molecule has 2 aromatic heterocycles. The Bertz CT molecular complexity index is 635. The van der Waals surface area contributed by atoms with Crippen molar-refractivity contribution in [1.29, 1.82) is 0 Å². The molecule has 0 aromatic carbocycles. The van der Waals surface area contributed by atoms with E-state index >= 15 is 0 Å². The van der Waals surface area contributed by atoms with Gasteiger partial charge >= 0.3 is 0 Å². The molecule has 3 rings (SSSR count). The molecule has 1 aliphatic rings. The number of carbonyl (C=O) groups excluding carboxylic acids is 1. The van der Waals surface area contributed by atoms with Gasteiger partial charge in [0, 0.05) is 12.0 Å². The molecule has 8 heteroatoms. The highest BCUT2D eigenvalue weighted by atomic mass is 32.2. The fourth-order valence-corrected chi connectivity index (χ4v) is 2.47. The maximum absolute atomic E-state index is 12.0. The van der Waals surface area contributed by atoms with E-state index in [9.17, 15) is 4.79 Å². The summed E-state index contributed by atoms with van der Waals surface area (Å²) in [5.41, 5.74) is 0.726. The van der Waals surface area contributed by atoms with Gasteiger partial charge in [0.1, 0.15) is 0 Å². The molecule has 1 aliphatic carbocycles. The number of rotatable bonds is 6. The van der Waals surface area contributed by atoms with Gasteiger partial charge in [-0.05, 0) is 26.7 Å². The van der Waals surface area contributed by atoms with Gasteiger partial charge in [-0.15, -0.1) is 11.8 Å². The van der Waals surface area contributed by atoms with Crippen molar-refractivity contribution in [2.75, 3.05) is 5.32 Å². The number of aromatic nitrogens is 3. The van der Waals surface area contributed by atoms with E-state index in [1.165, 1.54) is 11.8 Å². The number of hydrogen-bond donors (Lipinski definition) is 1. The van der Waals surface area contributed by atoms with Gasteiger partial charge in [0.15, 0.2) is 5.82 Å². The Kier molecular flexibility index (Phi) is 3.96. The zero-order valence-corrected chi connectivity index (χ0v) is 12.6. The fourth-order valence-electron chi connectivity index (χ4n) is 1.75. The van der Waals surface area contributed by atoms with Crippen LogP contribution in [0.3, 0.4) is 0 Å². The highest BCUT2D eigenvalue weighted by molar-refractivity contribution is 7.99. The summed E-state index contributed by atoms with van der Waals surface area (Å²) in [6, 6.07) is 1.68. The molecule has 21 heavy (non-hydrogen) atoms. The molecule has 0 bridgehead atoms. The van der Waals surface area contributed by atoms with E-state index in [4.69, 9.17) is 9.05 Å². The van der Waals surface area contributed by atoms with Crippen molar-refractivity contribution in [3.63, 3.8) is 0 Å². The Labute approximate surface area is 125 Å². The molecular formula is C13H16N4O3S. The molecule has 0 spiro atoms. The van der Waals surface area contributed by atoms with Gasteiger partial charge in [-0.25, -0.2) is 0 Å². The third-order valence-corrected chi connectivity index (χ3v) is 4.25. The Morgan fingerprint density at radius 3 is 2.95 bits per heavy atom. The molecule has 0 radical (unpaired) electrons. The molecule has 0 aliphatic heterocycles. The van der Waals surface area contributed by atoms with Crippen molar-refractivity contribution in [3.8, 4) is 0 Å². The quantitative estimate of drug-likeness (QED) is 0.876. The van der Waals surface area contributed by atoms with Gasteiger partial charge in [-0.3, -0.25) is 10.1 Å². The molecular weight excluding hydrogens is 292 g/mol. The summed E-state index contributed by atoms with van der Waals surface area (Å²) in [4.78, 5) is 16.3. The van der Waals surface area contributed by atoms with Crippen LogP contribution in [0.1, 0.15) is 43.1 Å². The van der Waals surface area contributed by atoms with Crippen LogP contribution in [0, 0.1) is 6.92 Å². The maximum Gasteiger partial charge on any atom is 0.239 e. The second-order valence-corrected chi connectivity index (χ2v) is 6.42. The number of thioether (sulfide) groups is 1. The Morgan fingerprint density at radius 1 is 1.48 bits per heavy atom. The van der Waals surface area contributed by atoms with Gasteiger partial charge < -0.3 is 9.05 Å². The zero-order chi connectivity index (χ0) is 14.8. The molecule has 0 saturated heterocycles. The Hall–Kier alpha value is -1.83. The minimum Gasteiger partial charge on any atom is -0.338 e. The van der Waals surface area contributed by atoms with Gasteiger partial charge in [0.05, 0.1) is 16.7 Å². The summed E-state index contributed by atoms with van der Waals surface area (Å²) >= 11 is 1.44. The first kappa shape index (κ1) is 14.1. The number of nitrogens with zero attached hydrogens (tertiary/aromatic N) is 3. The topological polar surface area (TPSA) is 94.1 Å². The van der Waals surface area contributed by atoms with Crippen molar-refractivity contribution in [1.82, 2.24) is 15.3 Å². The van der Waals surface area contributed by atoms with Crippen molar-refractivity contribution in [3.05, 3.63) is 23.5 Å². The lowest BCUT2D eigenvalue weighted by molar-refractivity contribution is -0.115. The predicted molar refractivity (Wildman–Crippen MR) is 76.9 cm³/mol. The third-order valence-electron chi connectivity index (χ3n) is 3.13. The minimum atomic E-state index is -0.258. The molecule has 0 unspecified atom stereocenters. The number of amides is 1. The molecule has 1 saturated carbocycles. The van der Waals surface area contributed by atoms with Crippen LogP contribution in [0.5, 0.6) is 0 Å². The highest BCUT2D eigenvalue weighted by Crippen LogP contribution is 2.38. The first-order valence-corrected chi connectivity index (χ1v) is 7.85. The van der Waals surface area contributed by atoms with Crippen molar-refractivity contribution in [2.45, 2.75) is 43.6 Å².